The number of halogens is 1. The lowest BCUT2D eigenvalue weighted by atomic mass is 10.0. The Morgan fingerprint density at radius 1 is 1.19 bits per heavy atom. The summed E-state index contributed by atoms with van der Waals surface area (Å²) in [5, 5.41) is 3.58. The molecule has 0 aliphatic heterocycles. The van der Waals surface area contributed by atoms with Crippen LogP contribution in [0.4, 0.5) is 4.39 Å². The number of hydrogen-bond acceptors (Lipinski definition) is 2. The molecule has 1 aromatic heterocycles. The van der Waals surface area contributed by atoms with E-state index in [-0.39, 0.29) is 11.9 Å². The quantitative estimate of drug-likeness (QED) is 0.807. The second-order valence-corrected chi connectivity index (χ2v) is 5.43. The molecule has 2 aromatic rings. The Balaban J connectivity index is 2.06. The van der Waals surface area contributed by atoms with Crippen molar-refractivity contribution in [2.75, 3.05) is 0 Å². The minimum atomic E-state index is -0.184. The highest BCUT2D eigenvalue weighted by atomic mass is 19.1. The Morgan fingerprint density at radius 2 is 1.95 bits per heavy atom. The SMILES string of the molecule is CCCCC(NCc1cnccc1C)c1ccc(F)cc1. The van der Waals surface area contributed by atoms with Gasteiger partial charge in [-0.3, -0.25) is 4.98 Å². The van der Waals surface area contributed by atoms with Gasteiger partial charge in [-0.2, -0.15) is 0 Å². The summed E-state index contributed by atoms with van der Waals surface area (Å²) in [6.45, 7) is 5.07. The predicted molar refractivity (Wildman–Crippen MR) is 84.5 cm³/mol. The van der Waals surface area contributed by atoms with Crippen molar-refractivity contribution >= 4 is 0 Å². The van der Waals surface area contributed by atoms with Crippen LogP contribution in [-0.4, -0.2) is 4.98 Å². The third-order valence-corrected chi connectivity index (χ3v) is 3.81. The number of aromatic nitrogens is 1. The fraction of sp³-hybridized carbons (Fsp3) is 0.389. The number of unbranched alkanes of at least 4 members (excludes halogenated alkanes) is 1. The maximum Gasteiger partial charge on any atom is 0.123 e. The van der Waals surface area contributed by atoms with Gasteiger partial charge in [-0.1, -0.05) is 31.9 Å². The highest BCUT2D eigenvalue weighted by Gasteiger charge is 2.11. The van der Waals surface area contributed by atoms with Crippen molar-refractivity contribution in [1.82, 2.24) is 10.3 Å². The first-order chi connectivity index (χ1) is 10.2. The second kappa shape index (κ2) is 7.89. The van der Waals surface area contributed by atoms with Crippen LogP contribution >= 0.6 is 0 Å². The van der Waals surface area contributed by atoms with E-state index in [0.29, 0.717) is 0 Å². The Kier molecular flexibility index (Phi) is 5.88. The average molecular weight is 286 g/mol. The van der Waals surface area contributed by atoms with E-state index in [1.165, 1.54) is 23.3 Å². The summed E-state index contributed by atoms with van der Waals surface area (Å²) in [4.78, 5) is 4.18. The van der Waals surface area contributed by atoms with Gasteiger partial charge < -0.3 is 5.32 Å². The number of nitrogens with one attached hydrogen (secondary N) is 1. The maximum atomic E-state index is 13.1. The minimum absolute atomic E-state index is 0.184. The van der Waals surface area contributed by atoms with Crippen molar-refractivity contribution in [2.24, 2.45) is 0 Å². The third-order valence-electron chi connectivity index (χ3n) is 3.81. The van der Waals surface area contributed by atoms with Crippen LogP contribution in [0.2, 0.25) is 0 Å². The second-order valence-electron chi connectivity index (χ2n) is 5.43. The van der Waals surface area contributed by atoms with Gasteiger partial charge in [0, 0.05) is 25.0 Å². The van der Waals surface area contributed by atoms with Crippen LogP contribution in [0.25, 0.3) is 0 Å². The van der Waals surface area contributed by atoms with Gasteiger partial charge >= 0.3 is 0 Å². The van der Waals surface area contributed by atoms with E-state index in [9.17, 15) is 4.39 Å². The highest BCUT2D eigenvalue weighted by molar-refractivity contribution is 5.23. The molecular weight excluding hydrogens is 263 g/mol. The van der Waals surface area contributed by atoms with E-state index in [0.717, 1.165) is 31.4 Å². The monoisotopic (exact) mass is 286 g/mol. The molecule has 0 fully saturated rings. The van der Waals surface area contributed by atoms with E-state index in [1.807, 2.05) is 30.6 Å². The molecule has 1 aromatic carbocycles. The normalized spacial score (nSPS) is 12.3. The summed E-state index contributed by atoms with van der Waals surface area (Å²) in [5.41, 5.74) is 3.60. The number of nitrogens with zero attached hydrogens (tertiary/aromatic N) is 1. The summed E-state index contributed by atoms with van der Waals surface area (Å²) in [5.74, 6) is -0.184. The van der Waals surface area contributed by atoms with Crippen molar-refractivity contribution in [3.8, 4) is 0 Å². The Bertz CT molecular complexity index is 551. The summed E-state index contributed by atoms with van der Waals surface area (Å²) >= 11 is 0. The predicted octanol–water partition coefficient (Wildman–Crippen LogP) is 4.55. The molecular formula is C18H23FN2. The van der Waals surface area contributed by atoms with Gasteiger partial charge in [0.25, 0.3) is 0 Å². The molecule has 21 heavy (non-hydrogen) atoms. The third kappa shape index (κ3) is 4.64. The van der Waals surface area contributed by atoms with Gasteiger partial charge in [0.15, 0.2) is 0 Å². The highest BCUT2D eigenvalue weighted by Crippen LogP contribution is 2.21. The van der Waals surface area contributed by atoms with Crippen molar-refractivity contribution in [3.05, 3.63) is 65.2 Å². The molecule has 1 unspecified atom stereocenters. The van der Waals surface area contributed by atoms with Gasteiger partial charge in [-0.15, -0.1) is 0 Å². The lowest BCUT2D eigenvalue weighted by Crippen LogP contribution is -2.21. The standard InChI is InChI=1S/C18H23FN2/c1-3-4-5-18(15-6-8-17(19)9-7-15)21-13-16-12-20-11-10-14(16)2/h6-12,18,21H,3-5,13H2,1-2H3. The van der Waals surface area contributed by atoms with Crippen LogP contribution in [-0.2, 0) is 6.54 Å². The van der Waals surface area contributed by atoms with E-state index < -0.39 is 0 Å². The van der Waals surface area contributed by atoms with E-state index in [1.54, 1.807) is 0 Å². The summed E-state index contributed by atoms with van der Waals surface area (Å²) in [6, 6.07) is 9.09. The zero-order chi connectivity index (χ0) is 15.1. The van der Waals surface area contributed by atoms with Crippen LogP contribution in [0, 0.1) is 12.7 Å². The molecule has 1 atom stereocenters. The lowest BCUT2D eigenvalue weighted by Gasteiger charge is -2.19. The average Bonchev–Trinajstić information content (AvgIpc) is 2.50. The minimum Gasteiger partial charge on any atom is -0.306 e. The van der Waals surface area contributed by atoms with Crippen molar-refractivity contribution < 1.29 is 4.39 Å². The lowest BCUT2D eigenvalue weighted by molar-refractivity contribution is 0.478. The van der Waals surface area contributed by atoms with Crippen molar-refractivity contribution in [3.63, 3.8) is 0 Å². The van der Waals surface area contributed by atoms with Gasteiger partial charge in [0.2, 0.25) is 0 Å². The molecule has 0 spiro atoms. The van der Waals surface area contributed by atoms with Gasteiger partial charge in [-0.05, 0) is 48.2 Å². The van der Waals surface area contributed by atoms with E-state index >= 15 is 0 Å². The summed E-state index contributed by atoms with van der Waals surface area (Å²) in [6.07, 6.45) is 7.09. The van der Waals surface area contributed by atoms with Gasteiger partial charge in [-0.25, -0.2) is 4.39 Å². The number of benzene rings is 1. The van der Waals surface area contributed by atoms with Crippen LogP contribution in [0.1, 0.15) is 48.9 Å². The van der Waals surface area contributed by atoms with E-state index in [2.05, 4.69) is 24.1 Å². The molecule has 0 aliphatic carbocycles. The van der Waals surface area contributed by atoms with E-state index in [4.69, 9.17) is 0 Å². The Labute approximate surface area is 126 Å². The zero-order valence-corrected chi connectivity index (χ0v) is 12.8. The molecule has 1 heterocycles. The zero-order valence-electron chi connectivity index (χ0n) is 12.8. The molecule has 2 rings (SSSR count). The Morgan fingerprint density at radius 3 is 2.62 bits per heavy atom. The summed E-state index contributed by atoms with van der Waals surface area (Å²) < 4.78 is 13.1. The van der Waals surface area contributed by atoms with Crippen LogP contribution in [0.15, 0.2) is 42.7 Å². The molecule has 1 N–H and O–H groups in total. The van der Waals surface area contributed by atoms with Gasteiger partial charge in [0.1, 0.15) is 5.82 Å². The smallest absolute Gasteiger partial charge is 0.123 e. The van der Waals surface area contributed by atoms with Crippen molar-refractivity contribution in [2.45, 2.75) is 45.7 Å². The summed E-state index contributed by atoms with van der Waals surface area (Å²) in [7, 11) is 0. The molecule has 2 nitrogen and oxygen atoms in total. The Hall–Kier alpha value is -1.74. The number of rotatable bonds is 7. The van der Waals surface area contributed by atoms with Crippen LogP contribution in [0.3, 0.4) is 0 Å². The molecule has 0 amide bonds. The molecule has 0 bridgehead atoms. The number of aryl methyl sites for hydroxylation is 1. The topological polar surface area (TPSA) is 24.9 Å². The molecule has 0 saturated heterocycles. The first-order valence-corrected chi connectivity index (χ1v) is 7.59. The van der Waals surface area contributed by atoms with Gasteiger partial charge in [0.05, 0.1) is 0 Å². The molecule has 0 radical (unpaired) electrons. The molecule has 0 aliphatic rings. The number of pyridine rings is 1. The van der Waals surface area contributed by atoms with Crippen LogP contribution < -0.4 is 5.32 Å². The maximum absolute atomic E-state index is 13.1. The first-order valence-electron chi connectivity index (χ1n) is 7.59. The fourth-order valence-electron chi connectivity index (χ4n) is 2.40. The van der Waals surface area contributed by atoms with Crippen LogP contribution in [0.5, 0.6) is 0 Å². The molecule has 3 heteroatoms. The first kappa shape index (κ1) is 15.6. The molecule has 112 valence electrons. The number of hydrogen-bond donors (Lipinski definition) is 1. The fourth-order valence-corrected chi connectivity index (χ4v) is 2.40. The van der Waals surface area contributed by atoms with Crippen molar-refractivity contribution in [1.29, 1.82) is 0 Å². The largest absolute Gasteiger partial charge is 0.306 e. The molecule has 0 saturated carbocycles.